The van der Waals surface area contributed by atoms with E-state index in [9.17, 15) is 5.11 Å². The van der Waals surface area contributed by atoms with E-state index >= 15 is 0 Å². The second kappa shape index (κ2) is 5.64. The molecule has 0 aliphatic heterocycles. The first-order chi connectivity index (χ1) is 7.19. The summed E-state index contributed by atoms with van der Waals surface area (Å²) >= 11 is 3.25. The van der Waals surface area contributed by atoms with Crippen LogP contribution in [-0.2, 0) is 6.54 Å². The van der Waals surface area contributed by atoms with Crippen molar-refractivity contribution in [2.75, 3.05) is 13.7 Å². The van der Waals surface area contributed by atoms with Crippen LogP contribution in [0.25, 0.3) is 0 Å². The molecule has 0 saturated carbocycles. The van der Waals surface area contributed by atoms with Gasteiger partial charge in [0.05, 0.1) is 18.1 Å². The van der Waals surface area contributed by atoms with Gasteiger partial charge in [-0.15, -0.1) is 6.42 Å². The Kier molecular flexibility index (Phi) is 4.47. The molecule has 0 fully saturated rings. The molecule has 80 valence electrons. The zero-order valence-electron chi connectivity index (χ0n) is 8.38. The number of benzene rings is 1. The SMILES string of the molecule is C#CCNCc1cc(Br)c(O)c(OC)c1. The number of rotatable bonds is 4. The maximum Gasteiger partial charge on any atom is 0.172 e. The summed E-state index contributed by atoms with van der Waals surface area (Å²) in [6.07, 6.45) is 5.12. The number of hydrogen-bond donors (Lipinski definition) is 2. The second-order valence-corrected chi connectivity index (χ2v) is 3.79. The normalized spacial score (nSPS) is 9.67. The number of terminal acetylenes is 1. The summed E-state index contributed by atoms with van der Waals surface area (Å²) in [5.74, 6) is 3.04. The molecule has 0 unspecified atom stereocenters. The molecule has 3 nitrogen and oxygen atoms in total. The highest BCUT2D eigenvalue weighted by Gasteiger charge is 2.07. The fourth-order valence-corrected chi connectivity index (χ4v) is 1.65. The van der Waals surface area contributed by atoms with Crippen LogP contribution in [0.1, 0.15) is 5.56 Å². The van der Waals surface area contributed by atoms with Gasteiger partial charge >= 0.3 is 0 Å². The standard InChI is InChI=1S/C11H12BrNO2/c1-3-4-13-7-8-5-9(12)11(14)10(6-8)15-2/h1,5-6,13-14H,4,7H2,2H3. The molecule has 0 radical (unpaired) electrons. The fraction of sp³-hybridized carbons (Fsp3) is 0.273. The number of phenols is 1. The molecule has 15 heavy (non-hydrogen) atoms. The summed E-state index contributed by atoms with van der Waals surface area (Å²) in [6, 6.07) is 3.59. The van der Waals surface area contributed by atoms with Gasteiger partial charge in [0.1, 0.15) is 0 Å². The third-order valence-electron chi connectivity index (χ3n) is 1.86. The van der Waals surface area contributed by atoms with E-state index < -0.39 is 0 Å². The molecule has 0 heterocycles. The quantitative estimate of drug-likeness (QED) is 0.648. The first kappa shape index (κ1) is 11.9. The number of halogens is 1. The lowest BCUT2D eigenvalue weighted by Crippen LogP contribution is -2.12. The molecule has 0 aliphatic carbocycles. The van der Waals surface area contributed by atoms with E-state index in [1.165, 1.54) is 7.11 Å². The molecule has 2 N–H and O–H groups in total. The van der Waals surface area contributed by atoms with Gasteiger partial charge < -0.3 is 15.2 Å². The Morgan fingerprint density at radius 1 is 1.60 bits per heavy atom. The van der Waals surface area contributed by atoms with Gasteiger partial charge in [-0.25, -0.2) is 0 Å². The van der Waals surface area contributed by atoms with Crippen molar-refractivity contribution in [2.45, 2.75) is 6.54 Å². The van der Waals surface area contributed by atoms with Crippen molar-refractivity contribution in [2.24, 2.45) is 0 Å². The number of ether oxygens (including phenoxy) is 1. The number of nitrogens with one attached hydrogen (secondary N) is 1. The van der Waals surface area contributed by atoms with Crippen LogP contribution in [0.3, 0.4) is 0 Å². The Morgan fingerprint density at radius 2 is 2.33 bits per heavy atom. The van der Waals surface area contributed by atoms with Crippen molar-refractivity contribution < 1.29 is 9.84 Å². The van der Waals surface area contributed by atoms with Gasteiger partial charge in [-0.1, -0.05) is 5.92 Å². The maximum atomic E-state index is 9.57. The van der Waals surface area contributed by atoms with Crippen LogP contribution in [0.4, 0.5) is 0 Å². The van der Waals surface area contributed by atoms with Crippen molar-refractivity contribution in [3.05, 3.63) is 22.2 Å². The summed E-state index contributed by atoms with van der Waals surface area (Å²) in [7, 11) is 1.51. The van der Waals surface area contributed by atoms with E-state index in [1.54, 1.807) is 6.07 Å². The largest absolute Gasteiger partial charge is 0.503 e. The van der Waals surface area contributed by atoms with Crippen LogP contribution >= 0.6 is 15.9 Å². The van der Waals surface area contributed by atoms with E-state index in [0.29, 0.717) is 23.3 Å². The van der Waals surface area contributed by atoms with Crippen molar-refractivity contribution in [1.29, 1.82) is 0 Å². The highest BCUT2D eigenvalue weighted by atomic mass is 79.9. The topological polar surface area (TPSA) is 41.5 Å². The highest BCUT2D eigenvalue weighted by molar-refractivity contribution is 9.10. The summed E-state index contributed by atoms with van der Waals surface area (Å²) < 4.78 is 5.64. The predicted octanol–water partition coefficient (Wildman–Crippen LogP) is 1.89. The predicted molar refractivity (Wildman–Crippen MR) is 62.9 cm³/mol. The van der Waals surface area contributed by atoms with E-state index in [2.05, 4.69) is 27.2 Å². The molecule has 1 rings (SSSR count). The monoisotopic (exact) mass is 269 g/mol. The van der Waals surface area contributed by atoms with Gasteiger partial charge in [0.25, 0.3) is 0 Å². The van der Waals surface area contributed by atoms with E-state index in [-0.39, 0.29) is 5.75 Å². The number of hydrogen-bond acceptors (Lipinski definition) is 3. The van der Waals surface area contributed by atoms with E-state index in [0.717, 1.165) is 5.56 Å². The van der Waals surface area contributed by atoms with Crippen LogP contribution in [-0.4, -0.2) is 18.8 Å². The maximum absolute atomic E-state index is 9.57. The zero-order valence-corrected chi connectivity index (χ0v) is 9.97. The Morgan fingerprint density at radius 3 is 2.93 bits per heavy atom. The molecule has 0 atom stereocenters. The van der Waals surface area contributed by atoms with Gasteiger partial charge in [0.15, 0.2) is 11.5 Å². The minimum atomic E-state index is 0.109. The number of phenolic OH excluding ortho intramolecular Hbond substituents is 1. The molecular formula is C11H12BrNO2. The lowest BCUT2D eigenvalue weighted by molar-refractivity contribution is 0.371. The lowest BCUT2D eigenvalue weighted by atomic mass is 10.2. The van der Waals surface area contributed by atoms with Gasteiger partial charge in [-0.2, -0.15) is 0 Å². The molecule has 0 amide bonds. The third-order valence-corrected chi connectivity index (χ3v) is 2.47. The smallest absolute Gasteiger partial charge is 0.172 e. The summed E-state index contributed by atoms with van der Waals surface area (Å²) in [5.41, 5.74) is 0.992. The molecule has 1 aromatic carbocycles. The van der Waals surface area contributed by atoms with E-state index in [1.807, 2.05) is 6.07 Å². The van der Waals surface area contributed by atoms with E-state index in [4.69, 9.17) is 11.2 Å². The highest BCUT2D eigenvalue weighted by Crippen LogP contribution is 2.35. The summed E-state index contributed by atoms with van der Waals surface area (Å²) in [6.45, 7) is 1.15. The van der Waals surface area contributed by atoms with Gasteiger partial charge in [0.2, 0.25) is 0 Å². The molecular weight excluding hydrogens is 258 g/mol. The average molecular weight is 270 g/mol. The average Bonchev–Trinajstić information content (AvgIpc) is 2.23. The van der Waals surface area contributed by atoms with Crippen LogP contribution in [0.5, 0.6) is 11.5 Å². The van der Waals surface area contributed by atoms with Crippen molar-refractivity contribution in [1.82, 2.24) is 5.32 Å². The first-order valence-electron chi connectivity index (χ1n) is 4.38. The summed E-state index contributed by atoms with van der Waals surface area (Å²) in [5, 5.41) is 12.6. The van der Waals surface area contributed by atoms with Gasteiger partial charge in [-0.05, 0) is 33.6 Å². The molecule has 0 bridgehead atoms. The minimum Gasteiger partial charge on any atom is -0.503 e. The third kappa shape index (κ3) is 3.15. The Hall–Kier alpha value is -1.18. The molecule has 0 spiro atoms. The molecule has 4 heteroatoms. The Balaban J connectivity index is 2.82. The van der Waals surface area contributed by atoms with Crippen LogP contribution < -0.4 is 10.1 Å². The van der Waals surface area contributed by atoms with Crippen molar-refractivity contribution >= 4 is 15.9 Å². The fourth-order valence-electron chi connectivity index (χ4n) is 1.16. The second-order valence-electron chi connectivity index (χ2n) is 2.94. The first-order valence-corrected chi connectivity index (χ1v) is 5.18. The van der Waals surface area contributed by atoms with Gasteiger partial charge in [-0.3, -0.25) is 0 Å². The van der Waals surface area contributed by atoms with Crippen LogP contribution in [0.2, 0.25) is 0 Å². The zero-order chi connectivity index (χ0) is 11.3. The number of aromatic hydroxyl groups is 1. The molecule has 0 saturated heterocycles. The van der Waals surface area contributed by atoms with Crippen LogP contribution in [0.15, 0.2) is 16.6 Å². The molecule has 0 aromatic heterocycles. The van der Waals surface area contributed by atoms with Crippen molar-refractivity contribution in [3.8, 4) is 23.8 Å². The molecule has 1 aromatic rings. The Bertz CT molecular complexity index is 385. The van der Waals surface area contributed by atoms with Crippen molar-refractivity contribution in [3.63, 3.8) is 0 Å². The van der Waals surface area contributed by atoms with Crippen LogP contribution in [0, 0.1) is 12.3 Å². The van der Waals surface area contributed by atoms with Gasteiger partial charge in [0, 0.05) is 6.54 Å². The minimum absolute atomic E-state index is 0.109. The Labute approximate surface area is 97.6 Å². The molecule has 0 aliphatic rings. The lowest BCUT2D eigenvalue weighted by Gasteiger charge is -2.08. The summed E-state index contributed by atoms with van der Waals surface area (Å²) in [4.78, 5) is 0. The number of methoxy groups -OCH3 is 1.